The fourth-order valence-corrected chi connectivity index (χ4v) is 3.57. The number of carbonyl (C=O) groups is 1. The molecule has 0 unspecified atom stereocenters. The number of nitrogens with one attached hydrogen (secondary N) is 1. The third-order valence-electron chi connectivity index (χ3n) is 5.06. The largest absolute Gasteiger partial charge is 0.491 e. The molecule has 0 aliphatic rings. The number of aryl methyl sites for hydroxylation is 2. The van der Waals surface area contributed by atoms with E-state index in [9.17, 15) is 4.79 Å². The van der Waals surface area contributed by atoms with Crippen LogP contribution in [0.5, 0.6) is 5.75 Å². The Bertz CT molecular complexity index is 1220. The number of rotatable bonds is 8. The van der Waals surface area contributed by atoms with Crippen LogP contribution in [0.3, 0.4) is 0 Å². The molecule has 0 fully saturated rings. The Kier molecular flexibility index (Phi) is 5.50. The molecule has 0 spiro atoms. The molecule has 0 atom stereocenters. The van der Waals surface area contributed by atoms with Gasteiger partial charge in [-0.1, -0.05) is 6.92 Å². The molecule has 0 saturated carbocycles. The average molecular weight is 407 g/mol. The number of ketones is 1. The second kappa shape index (κ2) is 8.23. The minimum Gasteiger partial charge on any atom is -0.491 e. The van der Waals surface area contributed by atoms with Gasteiger partial charge in [0, 0.05) is 48.5 Å². The minimum absolute atomic E-state index is 0.0399. The lowest BCUT2D eigenvalue weighted by Gasteiger charge is -2.08. The van der Waals surface area contributed by atoms with E-state index in [-0.39, 0.29) is 12.4 Å². The van der Waals surface area contributed by atoms with Crippen molar-refractivity contribution in [2.45, 2.75) is 40.2 Å². The first-order valence-electron chi connectivity index (χ1n) is 10.2. The van der Waals surface area contributed by atoms with Crippen LogP contribution in [0.2, 0.25) is 0 Å². The van der Waals surface area contributed by atoms with Crippen LogP contribution in [-0.4, -0.2) is 48.8 Å². The van der Waals surface area contributed by atoms with Crippen LogP contribution >= 0.6 is 0 Å². The van der Waals surface area contributed by atoms with Gasteiger partial charge in [0.15, 0.2) is 11.6 Å². The third kappa shape index (κ3) is 3.54. The number of aromatic amines is 1. The molecule has 0 radical (unpaired) electrons. The Balaban J connectivity index is 1.88. The Morgan fingerprint density at radius 2 is 2.07 bits per heavy atom. The van der Waals surface area contributed by atoms with E-state index in [1.165, 1.54) is 0 Å². The van der Waals surface area contributed by atoms with E-state index >= 15 is 0 Å². The van der Waals surface area contributed by atoms with Crippen molar-refractivity contribution in [2.75, 3.05) is 13.2 Å². The number of nitrogens with zero attached hydrogens (tertiary/aromatic N) is 4. The standard InChI is InChI=1S/C22H25N5O3/c1-4-18(29)14-10-15-16-12-23-22(17-9-13(3)26-27(17)5-2)25-21(16)24-20(15)19(11-14)30-8-6-7-28/h9-12,28H,4-8H2,1-3H3,(H,23,24,25). The number of ether oxygens (including phenoxy) is 1. The van der Waals surface area contributed by atoms with Crippen LogP contribution in [0, 0.1) is 6.92 Å². The maximum absolute atomic E-state index is 12.4. The molecule has 8 nitrogen and oxygen atoms in total. The molecule has 4 rings (SSSR count). The lowest BCUT2D eigenvalue weighted by atomic mass is 10.0. The van der Waals surface area contributed by atoms with E-state index < -0.39 is 0 Å². The summed E-state index contributed by atoms with van der Waals surface area (Å²) in [5.41, 5.74) is 3.80. The van der Waals surface area contributed by atoms with Gasteiger partial charge in [-0.15, -0.1) is 0 Å². The van der Waals surface area contributed by atoms with E-state index in [0.29, 0.717) is 42.2 Å². The molecule has 0 bridgehead atoms. The highest BCUT2D eigenvalue weighted by Gasteiger charge is 2.17. The fourth-order valence-electron chi connectivity index (χ4n) is 3.57. The van der Waals surface area contributed by atoms with Crippen molar-refractivity contribution in [2.24, 2.45) is 0 Å². The van der Waals surface area contributed by atoms with Crippen molar-refractivity contribution < 1.29 is 14.6 Å². The van der Waals surface area contributed by atoms with Gasteiger partial charge in [0.2, 0.25) is 0 Å². The van der Waals surface area contributed by atoms with Gasteiger partial charge in [-0.25, -0.2) is 9.97 Å². The van der Waals surface area contributed by atoms with E-state index in [1.54, 1.807) is 12.3 Å². The van der Waals surface area contributed by atoms with Crippen molar-refractivity contribution in [3.63, 3.8) is 0 Å². The zero-order valence-corrected chi connectivity index (χ0v) is 17.4. The quantitative estimate of drug-likeness (QED) is 0.341. The fraction of sp³-hybridized carbons (Fsp3) is 0.364. The second-order valence-corrected chi connectivity index (χ2v) is 7.17. The molecule has 8 heteroatoms. The summed E-state index contributed by atoms with van der Waals surface area (Å²) in [6.07, 6.45) is 2.69. The molecule has 2 N–H and O–H groups in total. The molecular formula is C22H25N5O3. The first kappa shape index (κ1) is 20.0. The van der Waals surface area contributed by atoms with Crippen LogP contribution in [0.4, 0.5) is 0 Å². The topological polar surface area (TPSA) is 106 Å². The Labute approximate surface area is 173 Å². The summed E-state index contributed by atoms with van der Waals surface area (Å²) in [5.74, 6) is 1.20. The molecule has 1 aromatic carbocycles. The highest BCUT2D eigenvalue weighted by molar-refractivity contribution is 6.11. The summed E-state index contributed by atoms with van der Waals surface area (Å²) >= 11 is 0. The van der Waals surface area contributed by atoms with Crippen LogP contribution in [-0.2, 0) is 6.54 Å². The SMILES string of the molecule is CCC(=O)c1cc(OCCCO)c2[nH]c3nc(-c4cc(C)nn4CC)ncc3c2c1. The number of aliphatic hydroxyl groups is 1. The Hall–Kier alpha value is -3.26. The van der Waals surface area contributed by atoms with Gasteiger partial charge in [-0.05, 0) is 32.0 Å². The summed E-state index contributed by atoms with van der Waals surface area (Å²) in [7, 11) is 0. The van der Waals surface area contributed by atoms with Gasteiger partial charge >= 0.3 is 0 Å². The van der Waals surface area contributed by atoms with Crippen LogP contribution < -0.4 is 4.74 Å². The van der Waals surface area contributed by atoms with Gasteiger partial charge < -0.3 is 14.8 Å². The number of fused-ring (bicyclic) bond motifs is 3. The molecule has 0 amide bonds. The van der Waals surface area contributed by atoms with Crippen molar-refractivity contribution in [1.29, 1.82) is 0 Å². The maximum Gasteiger partial charge on any atom is 0.179 e. The van der Waals surface area contributed by atoms with Gasteiger partial charge in [-0.3, -0.25) is 9.48 Å². The minimum atomic E-state index is 0.0399. The lowest BCUT2D eigenvalue weighted by molar-refractivity contribution is 0.0987. The highest BCUT2D eigenvalue weighted by Crippen LogP contribution is 2.33. The number of aromatic nitrogens is 5. The normalized spacial score (nSPS) is 11.5. The number of H-pyrrole nitrogens is 1. The number of benzene rings is 1. The summed E-state index contributed by atoms with van der Waals surface area (Å²) in [6.45, 7) is 6.93. The lowest BCUT2D eigenvalue weighted by Crippen LogP contribution is -2.02. The van der Waals surface area contributed by atoms with Crippen molar-refractivity contribution >= 4 is 27.7 Å². The molecule has 0 aliphatic carbocycles. The second-order valence-electron chi connectivity index (χ2n) is 7.17. The zero-order valence-electron chi connectivity index (χ0n) is 17.4. The number of aliphatic hydroxyl groups excluding tert-OH is 1. The summed E-state index contributed by atoms with van der Waals surface area (Å²) in [5, 5.41) is 15.2. The van der Waals surface area contributed by atoms with Crippen LogP contribution in [0.15, 0.2) is 24.4 Å². The van der Waals surface area contributed by atoms with E-state index in [4.69, 9.17) is 14.8 Å². The van der Waals surface area contributed by atoms with Crippen molar-refractivity contribution in [1.82, 2.24) is 24.7 Å². The van der Waals surface area contributed by atoms with Gasteiger partial charge in [0.05, 0.1) is 17.8 Å². The smallest absolute Gasteiger partial charge is 0.179 e. The van der Waals surface area contributed by atoms with E-state index in [1.807, 2.05) is 37.6 Å². The van der Waals surface area contributed by atoms with Crippen LogP contribution in [0.25, 0.3) is 33.5 Å². The first-order chi connectivity index (χ1) is 14.5. The molecular weight excluding hydrogens is 382 g/mol. The van der Waals surface area contributed by atoms with E-state index in [2.05, 4.69) is 15.1 Å². The van der Waals surface area contributed by atoms with E-state index in [0.717, 1.165) is 34.2 Å². The molecule has 30 heavy (non-hydrogen) atoms. The van der Waals surface area contributed by atoms with Gasteiger partial charge in [0.25, 0.3) is 0 Å². The summed E-state index contributed by atoms with van der Waals surface area (Å²) in [6, 6.07) is 5.59. The van der Waals surface area contributed by atoms with Gasteiger partial charge in [-0.2, -0.15) is 5.10 Å². The van der Waals surface area contributed by atoms with Crippen LogP contribution in [0.1, 0.15) is 42.7 Å². The molecule has 4 aromatic rings. The maximum atomic E-state index is 12.4. The Morgan fingerprint density at radius 1 is 1.23 bits per heavy atom. The Morgan fingerprint density at radius 3 is 2.80 bits per heavy atom. The molecule has 0 saturated heterocycles. The monoisotopic (exact) mass is 407 g/mol. The molecule has 3 aromatic heterocycles. The summed E-state index contributed by atoms with van der Waals surface area (Å²) < 4.78 is 7.75. The van der Waals surface area contributed by atoms with Crippen molar-refractivity contribution in [3.8, 4) is 17.3 Å². The molecule has 0 aliphatic heterocycles. The number of Topliss-reactive ketones (excluding diaryl/α,β-unsaturated/α-hetero) is 1. The number of hydrogen-bond acceptors (Lipinski definition) is 6. The molecule has 156 valence electrons. The van der Waals surface area contributed by atoms with Crippen molar-refractivity contribution in [3.05, 3.63) is 35.7 Å². The highest BCUT2D eigenvalue weighted by atomic mass is 16.5. The predicted octanol–water partition coefficient (Wildman–Crippen LogP) is 3.66. The average Bonchev–Trinajstić information content (AvgIpc) is 3.32. The first-order valence-corrected chi connectivity index (χ1v) is 10.2. The predicted molar refractivity (Wildman–Crippen MR) is 115 cm³/mol. The number of carbonyl (C=O) groups excluding carboxylic acids is 1. The summed E-state index contributed by atoms with van der Waals surface area (Å²) in [4.78, 5) is 25.0. The number of hydrogen-bond donors (Lipinski definition) is 2. The van der Waals surface area contributed by atoms with Gasteiger partial charge in [0.1, 0.15) is 17.1 Å². The molecule has 3 heterocycles. The third-order valence-corrected chi connectivity index (χ3v) is 5.06. The zero-order chi connectivity index (χ0) is 21.3.